The summed E-state index contributed by atoms with van der Waals surface area (Å²) in [4.78, 5) is 0. The highest BCUT2D eigenvalue weighted by Gasteiger charge is 2.06. The van der Waals surface area contributed by atoms with Crippen LogP contribution >= 0.6 is 19.1 Å². The third-order valence-electron chi connectivity index (χ3n) is 1.64. The third-order valence-corrected chi connectivity index (χ3v) is 4.53. The first kappa shape index (κ1) is 7.54. The fraction of sp³-hybridized carbons (Fsp3) is 0.714. The Hall–Kier alpha value is 0.430. The van der Waals surface area contributed by atoms with E-state index in [0.717, 1.165) is 0 Å². The second-order valence-electron chi connectivity index (χ2n) is 2.40. The van der Waals surface area contributed by atoms with E-state index in [9.17, 15) is 0 Å². The second kappa shape index (κ2) is 3.56. The van der Waals surface area contributed by atoms with Crippen molar-refractivity contribution in [3.05, 3.63) is 0 Å². The minimum atomic E-state index is -1.07. The van der Waals surface area contributed by atoms with E-state index < -0.39 is 19.1 Å². The van der Waals surface area contributed by atoms with Gasteiger partial charge in [0.05, 0.1) is 0 Å². The zero-order valence-electron chi connectivity index (χ0n) is 5.77. The molecule has 1 saturated heterocycles. The lowest BCUT2D eigenvalue weighted by molar-refractivity contribution is 0.407. The molecule has 0 spiro atoms. The monoisotopic (exact) mass is 239 g/mol. The van der Waals surface area contributed by atoms with Gasteiger partial charge in [0.1, 0.15) is 0 Å². The largest absolute Gasteiger partial charge is 0.258 e. The molecule has 0 amide bonds. The number of nitrogens with zero attached hydrogens (tertiary/aromatic N) is 1. The Labute approximate surface area is 63.8 Å². The van der Waals surface area contributed by atoms with Gasteiger partial charge >= 0.3 is 0 Å². The molecule has 54 valence electrons. The van der Waals surface area contributed by atoms with Crippen molar-refractivity contribution in [3.63, 3.8) is 0 Å². The molecule has 1 aliphatic rings. The lowest BCUT2D eigenvalue weighted by Crippen LogP contribution is -2.20. The highest BCUT2D eigenvalue weighted by molar-refractivity contribution is 14.2. The van der Waals surface area contributed by atoms with Crippen LogP contribution in [-0.2, 0) is 0 Å². The third kappa shape index (κ3) is 2.26. The summed E-state index contributed by atoms with van der Waals surface area (Å²) in [5, 5.41) is 0. The molecule has 0 bridgehead atoms. The number of hydrogen-bond donors (Lipinski definition) is 0. The Balaban J connectivity index is 2.40. The highest BCUT2D eigenvalue weighted by atomic mass is 127. The van der Waals surface area contributed by atoms with Gasteiger partial charge < -0.3 is 0 Å². The number of piperidine rings is 1. The van der Waals surface area contributed by atoms with Crippen molar-refractivity contribution >= 4 is 28.2 Å². The average Bonchev–Trinajstić information content (AvgIpc) is 1.90. The minimum Gasteiger partial charge on any atom is -0.258 e. The molecule has 1 rings (SSSR count). The normalized spacial score (nSPS) is 22.8. The lowest BCUT2D eigenvalue weighted by Gasteiger charge is -2.23. The van der Waals surface area contributed by atoms with Crippen molar-refractivity contribution in [1.29, 1.82) is 0 Å². The topological polar surface area (TPSA) is 3.24 Å². The average molecular weight is 239 g/mol. The minimum absolute atomic E-state index is 1.07. The number of hydrogen-bond acceptors (Lipinski definition) is 1. The van der Waals surface area contributed by atoms with Crippen LogP contribution in [-0.4, -0.2) is 25.2 Å². The van der Waals surface area contributed by atoms with E-state index in [2.05, 4.69) is 12.1 Å². The molecule has 0 atom stereocenters. The standard InChI is InChI=1S/C7H14IN/c1-8(2)9-6-4-3-5-7-9/h1-7H2. The molecule has 0 aliphatic carbocycles. The molecule has 0 saturated carbocycles. The van der Waals surface area contributed by atoms with Crippen molar-refractivity contribution in [2.75, 3.05) is 13.1 Å². The SMILES string of the molecule is C=I(=C)N1CCCCC1. The van der Waals surface area contributed by atoms with Gasteiger partial charge in [0, 0.05) is 13.1 Å². The quantitative estimate of drug-likeness (QED) is 0.497. The molecule has 1 nitrogen and oxygen atoms in total. The summed E-state index contributed by atoms with van der Waals surface area (Å²) in [7, 11) is 0. The predicted molar refractivity (Wildman–Crippen MR) is 53.7 cm³/mol. The van der Waals surface area contributed by atoms with E-state index in [1.165, 1.54) is 32.4 Å². The van der Waals surface area contributed by atoms with Crippen molar-refractivity contribution < 1.29 is 0 Å². The van der Waals surface area contributed by atoms with Gasteiger partial charge in [-0.05, 0) is 12.8 Å². The van der Waals surface area contributed by atoms with Crippen LogP contribution < -0.4 is 0 Å². The van der Waals surface area contributed by atoms with E-state index >= 15 is 0 Å². The first-order valence-corrected chi connectivity index (χ1v) is 7.35. The van der Waals surface area contributed by atoms with Gasteiger partial charge in [-0.1, -0.05) is 34.6 Å². The molecule has 0 aromatic rings. The van der Waals surface area contributed by atoms with Crippen LogP contribution in [0.5, 0.6) is 0 Å². The van der Waals surface area contributed by atoms with Gasteiger partial charge in [-0.2, -0.15) is 0 Å². The smallest absolute Gasteiger partial charge is 0.00730 e. The zero-order chi connectivity index (χ0) is 6.69. The van der Waals surface area contributed by atoms with Crippen LogP contribution in [0.3, 0.4) is 0 Å². The van der Waals surface area contributed by atoms with Gasteiger partial charge in [0.15, 0.2) is 0 Å². The van der Waals surface area contributed by atoms with Gasteiger partial charge in [0.25, 0.3) is 0 Å². The summed E-state index contributed by atoms with van der Waals surface area (Å²) < 4.78 is 10.6. The Morgan fingerprint density at radius 2 is 1.56 bits per heavy atom. The van der Waals surface area contributed by atoms with Crippen LogP contribution in [0.15, 0.2) is 0 Å². The van der Waals surface area contributed by atoms with Crippen molar-refractivity contribution in [2.24, 2.45) is 0 Å². The van der Waals surface area contributed by atoms with Crippen LogP contribution in [0.4, 0.5) is 0 Å². The van der Waals surface area contributed by atoms with Crippen LogP contribution in [0.1, 0.15) is 19.3 Å². The van der Waals surface area contributed by atoms with E-state index in [-0.39, 0.29) is 0 Å². The molecule has 1 heterocycles. The first-order chi connectivity index (χ1) is 4.30. The van der Waals surface area contributed by atoms with Crippen molar-refractivity contribution in [3.8, 4) is 0 Å². The van der Waals surface area contributed by atoms with Crippen molar-refractivity contribution in [2.45, 2.75) is 19.3 Å². The van der Waals surface area contributed by atoms with E-state index in [1.54, 1.807) is 0 Å². The Morgan fingerprint density at radius 1 is 1.00 bits per heavy atom. The van der Waals surface area contributed by atoms with Crippen molar-refractivity contribution in [1.82, 2.24) is 3.11 Å². The van der Waals surface area contributed by atoms with Crippen LogP contribution in [0.2, 0.25) is 0 Å². The van der Waals surface area contributed by atoms with Gasteiger partial charge in [0.2, 0.25) is 0 Å². The summed E-state index contributed by atoms with van der Waals surface area (Å²) in [6, 6.07) is 0. The maximum absolute atomic E-state index is 4.03. The summed E-state index contributed by atoms with van der Waals surface area (Å²) >= 11 is -1.07. The maximum Gasteiger partial charge on any atom is 0.00730 e. The van der Waals surface area contributed by atoms with Crippen LogP contribution in [0, 0.1) is 0 Å². The predicted octanol–water partition coefficient (Wildman–Crippen LogP) is 1.76. The summed E-state index contributed by atoms with van der Waals surface area (Å²) in [6.45, 7) is 2.55. The molecular formula is C7H14IN. The Bertz CT molecular complexity index is 135. The Kier molecular flexibility index (Phi) is 2.98. The molecule has 0 aromatic heterocycles. The number of rotatable bonds is 1. The first-order valence-electron chi connectivity index (χ1n) is 3.34. The number of halogens is 1. The zero-order valence-corrected chi connectivity index (χ0v) is 7.93. The van der Waals surface area contributed by atoms with Gasteiger partial charge in [-0.3, -0.25) is 3.11 Å². The molecule has 1 aliphatic heterocycles. The molecule has 9 heavy (non-hydrogen) atoms. The summed E-state index contributed by atoms with van der Waals surface area (Å²) in [5.74, 6) is 0. The van der Waals surface area contributed by atoms with E-state index in [0.29, 0.717) is 0 Å². The Morgan fingerprint density at radius 3 is 1.89 bits per heavy atom. The molecule has 0 aromatic carbocycles. The summed E-state index contributed by atoms with van der Waals surface area (Å²) in [6.07, 6.45) is 4.17. The lowest BCUT2D eigenvalue weighted by atomic mass is 10.2. The van der Waals surface area contributed by atoms with Gasteiger partial charge in [-0.15, -0.1) is 0 Å². The fourth-order valence-electron chi connectivity index (χ4n) is 1.09. The second-order valence-corrected chi connectivity index (χ2v) is 6.21. The summed E-state index contributed by atoms with van der Waals surface area (Å²) in [5.41, 5.74) is 0. The molecule has 0 unspecified atom stereocenters. The highest BCUT2D eigenvalue weighted by Crippen LogP contribution is 2.19. The van der Waals surface area contributed by atoms with Crippen LogP contribution in [0.25, 0.3) is 0 Å². The molecule has 1 fully saturated rings. The van der Waals surface area contributed by atoms with E-state index in [4.69, 9.17) is 0 Å². The molecule has 0 N–H and O–H groups in total. The molecule has 0 radical (unpaired) electrons. The fourth-order valence-corrected chi connectivity index (χ4v) is 3.14. The molecular weight excluding hydrogens is 225 g/mol. The van der Waals surface area contributed by atoms with Gasteiger partial charge in [-0.25, -0.2) is 0 Å². The maximum atomic E-state index is 4.03. The molecule has 2 heteroatoms. The van der Waals surface area contributed by atoms with E-state index in [1.807, 2.05) is 0 Å².